The predicted molar refractivity (Wildman–Crippen MR) is 61.6 cm³/mol. The van der Waals surface area contributed by atoms with Gasteiger partial charge in [0.25, 0.3) is 0 Å². The van der Waals surface area contributed by atoms with Crippen LogP contribution < -0.4 is 0 Å². The monoisotopic (exact) mass is 234 g/mol. The summed E-state index contributed by atoms with van der Waals surface area (Å²) in [7, 11) is 0. The fraction of sp³-hybridized carbons (Fsp3) is 0.333. The van der Waals surface area contributed by atoms with Crippen molar-refractivity contribution in [3.05, 3.63) is 30.2 Å². The lowest BCUT2D eigenvalue weighted by atomic mass is 10.2. The molecule has 5 heteroatoms. The first kappa shape index (κ1) is 11.6. The van der Waals surface area contributed by atoms with Gasteiger partial charge in [0.05, 0.1) is 13.0 Å². The Labute approximate surface area is 99.0 Å². The third-order valence-corrected chi connectivity index (χ3v) is 2.24. The van der Waals surface area contributed by atoms with Crippen LogP contribution in [0, 0.1) is 0 Å². The minimum absolute atomic E-state index is 0.183. The lowest BCUT2D eigenvalue weighted by Crippen LogP contribution is -1.97. The van der Waals surface area contributed by atoms with E-state index >= 15 is 0 Å². The summed E-state index contributed by atoms with van der Waals surface area (Å²) in [4.78, 5) is 4.22. The number of aromatic hydroxyl groups is 1. The average Bonchev–Trinajstić information content (AvgIpc) is 2.78. The first-order valence-electron chi connectivity index (χ1n) is 5.49. The largest absolute Gasteiger partial charge is 0.508 e. The van der Waals surface area contributed by atoms with Crippen molar-refractivity contribution < 1.29 is 14.4 Å². The molecule has 0 aliphatic carbocycles. The van der Waals surface area contributed by atoms with Crippen molar-refractivity contribution in [2.24, 2.45) is 0 Å². The quantitative estimate of drug-likeness (QED) is 0.801. The van der Waals surface area contributed by atoms with Gasteiger partial charge in [-0.2, -0.15) is 4.98 Å². The van der Waals surface area contributed by atoms with Gasteiger partial charge in [-0.05, 0) is 19.1 Å². The van der Waals surface area contributed by atoms with Gasteiger partial charge in [0.1, 0.15) is 5.75 Å². The van der Waals surface area contributed by atoms with E-state index in [1.54, 1.807) is 18.2 Å². The molecule has 5 nitrogen and oxygen atoms in total. The minimum atomic E-state index is 0.183. The number of ether oxygens (including phenoxy) is 1. The molecule has 0 saturated carbocycles. The lowest BCUT2D eigenvalue weighted by molar-refractivity contribution is 0.144. The average molecular weight is 234 g/mol. The van der Waals surface area contributed by atoms with Crippen LogP contribution in [-0.2, 0) is 11.2 Å². The SMILES string of the molecule is CCOCCc1nc(-c2cccc(O)c2)no1. The molecular formula is C12H14N2O3. The van der Waals surface area contributed by atoms with Crippen molar-refractivity contribution in [1.29, 1.82) is 0 Å². The Hall–Kier alpha value is -1.88. The third kappa shape index (κ3) is 3.04. The van der Waals surface area contributed by atoms with E-state index in [-0.39, 0.29) is 5.75 Å². The molecule has 0 spiro atoms. The highest BCUT2D eigenvalue weighted by atomic mass is 16.5. The van der Waals surface area contributed by atoms with Gasteiger partial charge in [0.2, 0.25) is 11.7 Å². The van der Waals surface area contributed by atoms with Crippen LogP contribution in [0.4, 0.5) is 0 Å². The molecule has 2 rings (SSSR count). The van der Waals surface area contributed by atoms with E-state index in [9.17, 15) is 5.11 Å². The van der Waals surface area contributed by atoms with Gasteiger partial charge in [0, 0.05) is 12.2 Å². The summed E-state index contributed by atoms with van der Waals surface area (Å²) in [6.07, 6.45) is 0.597. The fourth-order valence-corrected chi connectivity index (χ4v) is 1.42. The van der Waals surface area contributed by atoms with Crippen LogP contribution in [0.2, 0.25) is 0 Å². The number of phenols is 1. The van der Waals surface area contributed by atoms with Crippen LogP contribution in [0.3, 0.4) is 0 Å². The zero-order valence-corrected chi connectivity index (χ0v) is 9.59. The Kier molecular flexibility index (Phi) is 3.72. The zero-order valence-electron chi connectivity index (χ0n) is 9.59. The van der Waals surface area contributed by atoms with E-state index < -0.39 is 0 Å². The highest BCUT2D eigenvalue weighted by molar-refractivity contribution is 5.56. The molecule has 2 aromatic rings. The summed E-state index contributed by atoms with van der Waals surface area (Å²) < 4.78 is 10.3. The molecule has 0 aliphatic rings. The molecule has 0 aliphatic heterocycles. The fourth-order valence-electron chi connectivity index (χ4n) is 1.42. The number of benzene rings is 1. The number of aromatic nitrogens is 2. The maximum atomic E-state index is 9.35. The highest BCUT2D eigenvalue weighted by Gasteiger charge is 2.08. The molecule has 0 saturated heterocycles. The third-order valence-electron chi connectivity index (χ3n) is 2.24. The van der Waals surface area contributed by atoms with Crippen molar-refractivity contribution >= 4 is 0 Å². The van der Waals surface area contributed by atoms with Crippen LogP contribution in [0.1, 0.15) is 12.8 Å². The Morgan fingerprint density at radius 3 is 3.06 bits per heavy atom. The summed E-state index contributed by atoms with van der Waals surface area (Å²) in [5.41, 5.74) is 0.733. The minimum Gasteiger partial charge on any atom is -0.508 e. The highest BCUT2D eigenvalue weighted by Crippen LogP contribution is 2.20. The molecule has 0 amide bonds. The van der Waals surface area contributed by atoms with Crippen LogP contribution >= 0.6 is 0 Å². The van der Waals surface area contributed by atoms with Crippen LogP contribution in [0.5, 0.6) is 5.75 Å². The first-order valence-corrected chi connectivity index (χ1v) is 5.49. The van der Waals surface area contributed by atoms with Crippen LogP contribution in [0.15, 0.2) is 28.8 Å². The van der Waals surface area contributed by atoms with Gasteiger partial charge < -0.3 is 14.4 Å². The van der Waals surface area contributed by atoms with E-state index in [0.717, 1.165) is 5.56 Å². The summed E-state index contributed by atoms with van der Waals surface area (Å²) in [6.45, 7) is 3.18. The second-order valence-corrected chi connectivity index (χ2v) is 3.51. The van der Waals surface area contributed by atoms with Crippen molar-refractivity contribution in [3.63, 3.8) is 0 Å². The first-order chi connectivity index (χ1) is 8.29. The van der Waals surface area contributed by atoms with Gasteiger partial charge in [-0.1, -0.05) is 17.3 Å². The topological polar surface area (TPSA) is 68.4 Å². The molecule has 0 atom stereocenters. The summed E-state index contributed by atoms with van der Waals surface area (Å²) in [6, 6.07) is 6.74. The normalized spacial score (nSPS) is 10.6. The Balaban J connectivity index is 2.07. The second-order valence-electron chi connectivity index (χ2n) is 3.51. The molecule has 90 valence electrons. The molecular weight excluding hydrogens is 220 g/mol. The van der Waals surface area contributed by atoms with E-state index in [2.05, 4.69) is 10.1 Å². The lowest BCUT2D eigenvalue weighted by Gasteiger charge is -1.95. The Morgan fingerprint density at radius 2 is 2.29 bits per heavy atom. The van der Waals surface area contributed by atoms with Gasteiger partial charge in [-0.3, -0.25) is 0 Å². The number of rotatable bonds is 5. The molecule has 0 radical (unpaired) electrons. The van der Waals surface area contributed by atoms with Crippen LogP contribution in [0.25, 0.3) is 11.4 Å². The molecule has 1 heterocycles. The summed E-state index contributed by atoms with van der Waals surface area (Å²) in [5, 5.41) is 13.2. The molecule has 0 bridgehead atoms. The van der Waals surface area contributed by atoms with Crippen molar-refractivity contribution in [2.45, 2.75) is 13.3 Å². The van der Waals surface area contributed by atoms with E-state index in [0.29, 0.717) is 31.3 Å². The Bertz CT molecular complexity index is 482. The number of nitrogens with zero attached hydrogens (tertiary/aromatic N) is 2. The van der Waals surface area contributed by atoms with Crippen molar-refractivity contribution in [2.75, 3.05) is 13.2 Å². The van der Waals surface area contributed by atoms with Crippen molar-refractivity contribution in [1.82, 2.24) is 10.1 Å². The second kappa shape index (κ2) is 5.45. The number of hydrogen-bond donors (Lipinski definition) is 1. The molecule has 1 aromatic heterocycles. The summed E-state index contributed by atoms with van der Waals surface area (Å²) in [5.74, 6) is 1.20. The maximum absolute atomic E-state index is 9.35. The number of phenolic OH excluding ortho intramolecular Hbond substituents is 1. The standard InChI is InChI=1S/C12H14N2O3/c1-2-16-7-6-11-13-12(14-17-11)9-4-3-5-10(15)8-9/h3-5,8,15H,2,6-7H2,1H3. The van der Waals surface area contributed by atoms with Crippen LogP contribution in [-0.4, -0.2) is 28.5 Å². The van der Waals surface area contributed by atoms with E-state index in [1.807, 2.05) is 13.0 Å². The molecule has 1 aromatic carbocycles. The van der Waals surface area contributed by atoms with Gasteiger partial charge in [-0.25, -0.2) is 0 Å². The number of hydrogen-bond acceptors (Lipinski definition) is 5. The summed E-state index contributed by atoms with van der Waals surface area (Å²) >= 11 is 0. The van der Waals surface area contributed by atoms with Crippen molar-refractivity contribution in [3.8, 4) is 17.1 Å². The predicted octanol–water partition coefficient (Wildman–Crippen LogP) is 2.02. The van der Waals surface area contributed by atoms with Gasteiger partial charge in [-0.15, -0.1) is 0 Å². The molecule has 0 unspecified atom stereocenters. The molecule has 17 heavy (non-hydrogen) atoms. The Morgan fingerprint density at radius 1 is 1.41 bits per heavy atom. The molecule has 1 N–H and O–H groups in total. The zero-order chi connectivity index (χ0) is 12.1. The van der Waals surface area contributed by atoms with E-state index in [4.69, 9.17) is 9.26 Å². The maximum Gasteiger partial charge on any atom is 0.229 e. The van der Waals surface area contributed by atoms with Gasteiger partial charge in [0.15, 0.2) is 0 Å². The molecule has 0 fully saturated rings. The van der Waals surface area contributed by atoms with Gasteiger partial charge >= 0.3 is 0 Å². The van der Waals surface area contributed by atoms with E-state index in [1.165, 1.54) is 0 Å². The smallest absolute Gasteiger partial charge is 0.229 e.